The number of halogens is 1. The lowest BCUT2D eigenvalue weighted by Gasteiger charge is -2.24. The number of fused-ring (bicyclic) bond motifs is 1. The molecule has 0 saturated carbocycles. The first kappa shape index (κ1) is 29.6. The van der Waals surface area contributed by atoms with E-state index in [4.69, 9.17) is 30.8 Å². The molecule has 0 spiro atoms. The van der Waals surface area contributed by atoms with E-state index in [0.29, 0.717) is 43.7 Å². The molecule has 7 nitrogen and oxygen atoms in total. The van der Waals surface area contributed by atoms with E-state index in [1.165, 1.54) is 22.7 Å². The van der Waals surface area contributed by atoms with Crippen molar-refractivity contribution in [1.82, 2.24) is 4.57 Å². The maximum Gasteiger partial charge on any atom is 0.338 e. The van der Waals surface area contributed by atoms with Crippen molar-refractivity contribution < 1.29 is 19.0 Å². The van der Waals surface area contributed by atoms with E-state index in [1.54, 1.807) is 24.7 Å². The van der Waals surface area contributed by atoms with Crippen LogP contribution in [0.5, 0.6) is 11.5 Å². The molecule has 5 aromatic rings. The molecule has 6 rings (SSSR count). The Balaban J connectivity index is 1.44. The van der Waals surface area contributed by atoms with Crippen molar-refractivity contribution in [2.45, 2.75) is 19.6 Å². The Morgan fingerprint density at radius 1 is 1.02 bits per heavy atom. The summed E-state index contributed by atoms with van der Waals surface area (Å²) in [6.45, 7) is 2.29. The second-order valence-electron chi connectivity index (χ2n) is 9.78. The minimum absolute atomic E-state index is 0.201. The Hall–Kier alpha value is -4.44. The van der Waals surface area contributed by atoms with Crippen molar-refractivity contribution in [2.24, 2.45) is 4.99 Å². The van der Waals surface area contributed by atoms with Gasteiger partial charge in [-0.3, -0.25) is 9.36 Å². The lowest BCUT2D eigenvalue weighted by atomic mass is 9.97. The highest BCUT2D eigenvalue weighted by atomic mass is 35.5. The molecule has 0 saturated heterocycles. The Morgan fingerprint density at radius 3 is 2.59 bits per heavy atom. The van der Waals surface area contributed by atoms with E-state index in [1.807, 2.05) is 90.3 Å². The molecule has 3 heterocycles. The van der Waals surface area contributed by atoms with Crippen LogP contribution in [-0.4, -0.2) is 24.3 Å². The SMILES string of the molecule is CCOC(=O)C1=C(c2ccccc2)N=c2s/c(=C\c3ccc(OCc4cccc(Cl)c4)c(OC)c3)c(=O)n2[C@@H]1c1cccs1. The monoisotopic (exact) mass is 642 g/mol. The molecule has 222 valence electrons. The van der Waals surface area contributed by atoms with E-state index in [2.05, 4.69) is 0 Å². The average molecular weight is 643 g/mol. The van der Waals surface area contributed by atoms with Crippen molar-refractivity contribution in [3.8, 4) is 11.5 Å². The normalized spacial score (nSPS) is 14.6. The number of carbonyl (C=O) groups is 1. The fourth-order valence-corrected chi connectivity index (χ4v) is 7.03. The van der Waals surface area contributed by atoms with Gasteiger partial charge in [-0.2, -0.15) is 0 Å². The third-order valence-electron chi connectivity index (χ3n) is 6.96. The molecule has 3 aromatic carbocycles. The van der Waals surface area contributed by atoms with Gasteiger partial charge in [0.2, 0.25) is 0 Å². The fraction of sp³-hybridized carbons (Fsp3) is 0.147. The maximum absolute atomic E-state index is 14.0. The van der Waals surface area contributed by atoms with Gasteiger partial charge in [0.15, 0.2) is 16.3 Å². The quantitative estimate of drug-likeness (QED) is 0.178. The highest BCUT2D eigenvalue weighted by Gasteiger charge is 2.35. The summed E-state index contributed by atoms with van der Waals surface area (Å²) in [7, 11) is 1.57. The largest absolute Gasteiger partial charge is 0.493 e. The molecule has 10 heteroatoms. The molecular weight excluding hydrogens is 616 g/mol. The molecular formula is C34H27ClN2O5S2. The smallest absolute Gasteiger partial charge is 0.338 e. The number of hydrogen-bond acceptors (Lipinski definition) is 8. The van der Waals surface area contributed by atoms with Crippen molar-refractivity contribution in [3.05, 3.63) is 142 Å². The standard InChI is InChI=1S/C34H27ClN2O5S2/c1-3-41-33(39)29-30(23-10-5-4-6-11-23)36-34-37(31(29)27-13-8-16-43-27)32(38)28(44-34)19-21-14-15-25(26(18-21)40-2)42-20-22-9-7-12-24(35)17-22/h4-19,31H,3,20H2,1-2H3/b28-19-/t31-/m1/s1. The van der Waals surface area contributed by atoms with Crippen LogP contribution < -0.4 is 24.4 Å². The number of methoxy groups -OCH3 is 1. The van der Waals surface area contributed by atoms with Gasteiger partial charge in [-0.1, -0.05) is 77.5 Å². The fourth-order valence-electron chi connectivity index (χ4n) is 4.99. The van der Waals surface area contributed by atoms with Crippen LogP contribution in [0, 0.1) is 0 Å². The summed E-state index contributed by atoms with van der Waals surface area (Å²) in [5, 5.41) is 2.57. The van der Waals surface area contributed by atoms with Gasteiger partial charge in [0.05, 0.1) is 29.5 Å². The number of esters is 1. The highest BCUT2D eigenvalue weighted by Crippen LogP contribution is 2.37. The Morgan fingerprint density at radius 2 is 1.86 bits per heavy atom. The van der Waals surface area contributed by atoms with Gasteiger partial charge in [0.1, 0.15) is 12.6 Å². The number of thiazole rings is 1. The van der Waals surface area contributed by atoms with Crippen molar-refractivity contribution in [3.63, 3.8) is 0 Å². The molecule has 1 aliphatic heterocycles. The van der Waals surface area contributed by atoms with E-state index in [-0.39, 0.29) is 12.2 Å². The maximum atomic E-state index is 14.0. The summed E-state index contributed by atoms with van der Waals surface area (Å²) in [4.78, 5) is 33.7. The number of ether oxygens (including phenoxy) is 3. The summed E-state index contributed by atoms with van der Waals surface area (Å²) < 4.78 is 19.2. The molecule has 0 fully saturated rings. The molecule has 0 N–H and O–H groups in total. The van der Waals surface area contributed by atoms with Gasteiger partial charge < -0.3 is 14.2 Å². The zero-order valence-electron chi connectivity index (χ0n) is 23.9. The second-order valence-corrected chi connectivity index (χ2v) is 12.2. The third kappa shape index (κ3) is 5.99. The molecule has 2 aromatic heterocycles. The zero-order chi connectivity index (χ0) is 30.6. The molecule has 44 heavy (non-hydrogen) atoms. The van der Waals surface area contributed by atoms with Crippen LogP contribution in [0.25, 0.3) is 11.8 Å². The van der Waals surface area contributed by atoms with Crippen LogP contribution in [0.3, 0.4) is 0 Å². The van der Waals surface area contributed by atoms with Crippen LogP contribution in [-0.2, 0) is 16.1 Å². The summed E-state index contributed by atoms with van der Waals surface area (Å²) in [5.41, 5.74) is 3.04. The second kappa shape index (κ2) is 13.1. The number of carbonyl (C=O) groups excluding carboxylic acids is 1. The third-order valence-corrected chi connectivity index (χ3v) is 9.10. The zero-order valence-corrected chi connectivity index (χ0v) is 26.2. The van der Waals surface area contributed by atoms with Crippen molar-refractivity contribution in [2.75, 3.05) is 13.7 Å². The molecule has 0 radical (unpaired) electrons. The average Bonchev–Trinajstić information content (AvgIpc) is 3.68. The number of benzene rings is 3. The summed E-state index contributed by atoms with van der Waals surface area (Å²) in [5.74, 6) is 0.595. The lowest BCUT2D eigenvalue weighted by Crippen LogP contribution is -2.39. The molecule has 0 bridgehead atoms. The number of aromatic nitrogens is 1. The molecule has 0 aliphatic carbocycles. The van der Waals surface area contributed by atoms with Crippen molar-refractivity contribution in [1.29, 1.82) is 0 Å². The summed E-state index contributed by atoms with van der Waals surface area (Å²) in [6.07, 6.45) is 1.80. The van der Waals surface area contributed by atoms with Gasteiger partial charge in [0.25, 0.3) is 5.56 Å². The highest BCUT2D eigenvalue weighted by molar-refractivity contribution is 7.10. The topological polar surface area (TPSA) is 79.1 Å². The Bertz CT molecular complexity index is 2030. The molecule has 1 aliphatic rings. The molecule has 0 amide bonds. The minimum Gasteiger partial charge on any atom is -0.493 e. The van der Waals surface area contributed by atoms with E-state index in [0.717, 1.165) is 21.6 Å². The predicted octanol–water partition coefficient (Wildman–Crippen LogP) is 6.24. The van der Waals surface area contributed by atoms with Gasteiger partial charge in [-0.15, -0.1) is 11.3 Å². The number of rotatable bonds is 9. The first-order valence-electron chi connectivity index (χ1n) is 13.8. The van der Waals surface area contributed by atoms with Crippen LogP contribution in [0.2, 0.25) is 5.02 Å². The van der Waals surface area contributed by atoms with Crippen LogP contribution in [0.4, 0.5) is 0 Å². The van der Waals surface area contributed by atoms with Gasteiger partial charge >= 0.3 is 5.97 Å². The predicted molar refractivity (Wildman–Crippen MR) is 174 cm³/mol. The lowest BCUT2D eigenvalue weighted by molar-refractivity contribution is -0.138. The minimum atomic E-state index is -0.681. The van der Waals surface area contributed by atoms with Crippen molar-refractivity contribution >= 4 is 52.0 Å². The Labute approximate surface area is 266 Å². The van der Waals surface area contributed by atoms with Crippen LogP contribution >= 0.6 is 34.3 Å². The number of nitrogens with zero attached hydrogens (tertiary/aromatic N) is 2. The Kier molecular flexibility index (Phi) is 8.79. The number of hydrogen-bond donors (Lipinski definition) is 0. The summed E-state index contributed by atoms with van der Waals surface area (Å²) in [6, 6.07) is 25.6. The van der Waals surface area contributed by atoms with E-state index >= 15 is 0 Å². The van der Waals surface area contributed by atoms with Gasteiger partial charge in [-0.25, -0.2) is 9.79 Å². The van der Waals surface area contributed by atoms with Gasteiger partial charge in [-0.05, 0) is 59.8 Å². The van der Waals surface area contributed by atoms with Crippen LogP contribution in [0.1, 0.15) is 34.5 Å². The first-order chi connectivity index (χ1) is 21.5. The summed E-state index contributed by atoms with van der Waals surface area (Å²) >= 11 is 8.85. The van der Waals surface area contributed by atoms with E-state index < -0.39 is 12.0 Å². The molecule has 0 unspecified atom stereocenters. The van der Waals surface area contributed by atoms with Crippen LogP contribution in [0.15, 0.2) is 106 Å². The number of thiophene rings is 1. The molecule has 1 atom stereocenters. The van der Waals surface area contributed by atoms with Gasteiger partial charge in [0, 0.05) is 15.5 Å². The van der Waals surface area contributed by atoms with E-state index in [9.17, 15) is 9.59 Å². The first-order valence-corrected chi connectivity index (χ1v) is 15.9.